The minimum Gasteiger partial charge on any atom is -0.357 e. The SMILES string of the molecule is CN(C)C1(Cc2ccccc2)CN(CC(=O)c2ccccc2)CCO1. The van der Waals surface area contributed by atoms with Gasteiger partial charge in [-0.1, -0.05) is 60.7 Å². The van der Waals surface area contributed by atoms with E-state index in [1.165, 1.54) is 5.56 Å². The number of morpholine rings is 1. The minimum atomic E-state index is -0.406. The molecular formula is C21H26N2O2. The molecule has 1 heterocycles. The number of carbonyl (C=O) groups is 1. The molecule has 3 rings (SSSR count). The fourth-order valence-corrected chi connectivity index (χ4v) is 3.34. The van der Waals surface area contributed by atoms with E-state index in [1.54, 1.807) is 0 Å². The van der Waals surface area contributed by atoms with E-state index in [2.05, 4.69) is 34.1 Å². The van der Waals surface area contributed by atoms with Gasteiger partial charge >= 0.3 is 0 Å². The normalized spacial score (nSPS) is 21.4. The molecule has 0 saturated carbocycles. The van der Waals surface area contributed by atoms with Crippen molar-refractivity contribution in [2.45, 2.75) is 12.1 Å². The van der Waals surface area contributed by atoms with Crippen LogP contribution in [0.1, 0.15) is 15.9 Å². The molecule has 1 saturated heterocycles. The van der Waals surface area contributed by atoms with Crippen LogP contribution in [0.2, 0.25) is 0 Å². The number of ether oxygens (including phenoxy) is 1. The average Bonchev–Trinajstić information content (AvgIpc) is 2.63. The summed E-state index contributed by atoms with van der Waals surface area (Å²) < 4.78 is 6.22. The van der Waals surface area contributed by atoms with Crippen molar-refractivity contribution in [1.82, 2.24) is 9.80 Å². The Hall–Kier alpha value is -2.01. The highest BCUT2D eigenvalue weighted by atomic mass is 16.5. The van der Waals surface area contributed by atoms with Crippen LogP contribution in [0.5, 0.6) is 0 Å². The van der Waals surface area contributed by atoms with Gasteiger partial charge in [-0.2, -0.15) is 0 Å². The topological polar surface area (TPSA) is 32.8 Å². The molecule has 0 N–H and O–H groups in total. The van der Waals surface area contributed by atoms with Gasteiger partial charge in [-0.25, -0.2) is 0 Å². The summed E-state index contributed by atoms with van der Waals surface area (Å²) in [5.74, 6) is 0.162. The standard InChI is InChI=1S/C21H26N2O2/c1-22(2)21(15-18-9-5-3-6-10-18)17-23(13-14-25-21)16-20(24)19-11-7-4-8-12-19/h3-12H,13-17H2,1-2H3. The molecule has 0 amide bonds. The maximum absolute atomic E-state index is 12.6. The van der Waals surface area contributed by atoms with Gasteiger partial charge < -0.3 is 4.74 Å². The Morgan fingerprint density at radius 1 is 1.08 bits per heavy atom. The van der Waals surface area contributed by atoms with Crippen molar-refractivity contribution in [3.8, 4) is 0 Å². The van der Waals surface area contributed by atoms with Crippen LogP contribution in [0, 0.1) is 0 Å². The zero-order valence-corrected chi connectivity index (χ0v) is 15.0. The summed E-state index contributed by atoms with van der Waals surface area (Å²) in [6.45, 7) is 2.56. The number of hydrogen-bond donors (Lipinski definition) is 0. The van der Waals surface area contributed by atoms with Crippen LogP contribution in [0.25, 0.3) is 0 Å². The van der Waals surface area contributed by atoms with Crippen LogP contribution in [0.4, 0.5) is 0 Å². The van der Waals surface area contributed by atoms with Crippen molar-refractivity contribution in [3.05, 3.63) is 71.8 Å². The van der Waals surface area contributed by atoms with Crippen molar-refractivity contribution in [2.24, 2.45) is 0 Å². The zero-order valence-electron chi connectivity index (χ0n) is 15.0. The molecule has 1 fully saturated rings. The largest absolute Gasteiger partial charge is 0.357 e. The Kier molecular flexibility index (Phi) is 5.63. The van der Waals surface area contributed by atoms with Crippen LogP contribution in [-0.4, -0.2) is 61.6 Å². The third-order valence-electron chi connectivity index (χ3n) is 4.85. The molecule has 132 valence electrons. The molecule has 1 unspecified atom stereocenters. The molecule has 0 spiro atoms. The lowest BCUT2D eigenvalue weighted by molar-refractivity contribution is -0.180. The van der Waals surface area contributed by atoms with E-state index < -0.39 is 5.72 Å². The lowest BCUT2D eigenvalue weighted by atomic mass is 9.99. The first-order chi connectivity index (χ1) is 12.1. The summed E-state index contributed by atoms with van der Waals surface area (Å²) in [5.41, 5.74) is 1.61. The Morgan fingerprint density at radius 2 is 1.72 bits per heavy atom. The Labute approximate surface area is 150 Å². The lowest BCUT2D eigenvalue weighted by Gasteiger charge is -2.46. The molecule has 2 aromatic rings. The second-order valence-corrected chi connectivity index (χ2v) is 6.85. The van der Waals surface area contributed by atoms with Gasteiger partial charge in [0.2, 0.25) is 0 Å². The van der Waals surface area contributed by atoms with Crippen LogP contribution >= 0.6 is 0 Å². The first kappa shape index (κ1) is 17.8. The lowest BCUT2D eigenvalue weighted by Crippen LogP contribution is -2.61. The predicted molar refractivity (Wildman–Crippen MR) is 99.7 cm³/mol. The summed E-state index contributed by atoms with van der Waals surface area (Å²) in [6.07, 6.45) is 0.802. The quantitative estimate of drug-likeness (QED) is 0.758. The highest BCUT2D eigenvalue weighted by Gasteiger charge is 2.39. The van der Waals surface area contributed by atoms with Gasteiger partial charge in [-0.15, -0.1) is 0 Å². The number of rotatable bonds is 6. The number of likely N-dealkylation sites (N-methyl/N-ethyl adjacent to an activating group) is 1. The molecule has 4 nitrogen and oxygen atoms in total. The first-order valence-corrected chi connectivity index (χ1v) is 8.75. The van der Waals surface area contributed by atoms with Crippen molar-refractivity contribution >= 4 is 5.78 Å². The van der Waals surface area contributed by atoms with Gasteiger partial charge in [0.15, 0.2) is 5.78 Å². The van der Waals surface area contributed by atoms with Crippen molar-refractivity contribution in [1.29, 1.82) is 0 Å². The van der Waals surface area contributed by atoms with Crippen LogP contribution < -0.4 is 0 Å². The maximum atomic E-state index is 12.6. The zero-order chi connectivity index (χ0) is 17.7. The van der Waals surface area contributed by atoms with Crippen molar-refractivity contribution in [3.63, 3.8) is 0 Å². The number of Topliss-reactive ketones (excluding diaryl/α,β-unsaturated/α-hetero) is 1. The predicted octanol–water partition coefficient (Wildman–Crippen LogP) is 2.70. The summed E-state index contributed by atoms with van der Waals surface area (Å²) in [6, 6.07) is 19.9. The van der Waals surface area contributed by atoms with Gasteiger partial charge in [0.25, 0.3) is 0 Å². The van der Waals surface area contributed by atoms with E-state index in [-0.39, 0.29) is 5.78 Å². The van der Waals surface area contributed by atoms with E-state index in [0.717, 1.165) is 18.5 Å². The van der Waals surface area contributed by atoms with Gasteiger partial charge in [0, 0.05) is 25.1 Å². The van der Waals surface area contributed by atoms with Crippen molar-refractivity contribution < 1.29 is 9.53 Å². The van der Waals surface area contributed by atoms with Crippen LogP contribution in [0.15, 0.2) is 60.7 Å². The maximum Gasteiger partial charge on any atom is 0.176 e. The van der Waals surface area contributed by atoms with E-state index in [1.807, 2.05) is 50.5 Å². The molecular weight excluding hydrogens is 312 g/mol. The molecule has 1 atom stereocenters. The third-order valence-corrected chi connectivity index (χ3v) is 4.85. The highest BCUT2D eigenvalue weighted by molar-refractivity contribution is 5.97. The molecule has 2 aromatic carbocycles. The molecule has 0 bridgehead atoms. The summed E-state index contributed by atoms with van der Waals surface area (Å²) in [4.78, 5) is 16.9. The molecule has 1 aliphatic heterocycles. The van der Waals surface area contributed by atoms with Crippen LogP contribution in [-0.2, 0) is 11.2 Å². The van der Waals surface area contributed by atoms with Gasteiger partial charge in [0.05, 0.1) is 13.2 Å². The van der Waals surface area contributed by atoms with Gasteiger partial charge in [-0.3, -0.25) is 14.6 Å². The van der Waals surface area contributed by atoms with E-state index in [4.69, 9.17) is 4.74 Å². The second-order valence-electron chi connectivity index (χ2n) is 6.85. The summed E-state index contributed by atoms with van der Waals surface area (Å²) in [5, 5.41) is 0. The van der Waals surface area contributed by atoms with E-state index >= 15 is 0 Å². The van der Waals surface area contributed by atoms with Gasteiger partial charge in [-0.05, 0) is 19.7 Å². The summed E-state index contributed by atoms with van der Waals surface area (Å²) in [7, 11) is 4.09. The highest BCUT2D eigenvalue weighted by Crippen LogP contribution is 2.25. The minimum absolute atomic E-state index is 0.162. The molecule has 25 heavy (non-hydrogen) atoms. The summed E-state index contributed by atoms with van der Waals surface area (Å²) >= 11 is 0. The fraction of sp³-hybridized carbons (Fsp3) is 0.381. The molecule has 0 aromatic heterocycles. The monoisotopic (exact) mass is 338 g/mol. The molecule has 1 aliphatic rings. The Balaban J connectivity index is 1.72. The van der Waals surface area contributed by atoms with E-state index in [0.29, 0.717) is 19.7 Å². The number of benzene rings is 2. The number of ketones is 1. The number of nitrogens with zero attached hydrogens (tertiary/aromatic N) is 2. The molecule has 4 heteroatoms. The van der Waals surface area contributed by atoms with Gasteiger partial charge in [0.1, 0.15) is 5.72 Å². The molecule has 0 aliphatic carbocycles. The third kappa shape index (κ3) is 4.34. The first-order valence-electron chi connectivity index (χ1n) is 8.75. The number of carbonyl (C=O) groups excluding carboxylic acids is 1. The fourth-order valence-electron chi connectivity index (χ4n) is 3.34. The smallest absolute Gasteiger partial charge is 0.176 e. The van der Waals surface area contributed by atoms with Crippen LogP contribution in [0.3, 0.4) is 0 Å². The van der Waals surface area contributed by atoms with E-state index in [9.17, 15) is 4.79 Å². The Morgan fingerprint density at radius 3 is 2.36 bits per heavy atom. The number of hydrogen-bond acceptors (Lipinski definition) is 4. The van der Waals surface area contributed by atoms with Crippen molar-refractivity contribution in [2.75, 3.05) is 40.3 Å². The Bertz CT molecular complexity index is 688. The second kappa shape index (κ2) is 7.91. The average molecular weight is 338 g/mol. The molecule has 0 radical (unpaired) electrons.